The van der Waals surface area contributed by atoms with Crippen molar-refractivity contribution >= 4 is 44.0 Å². The Morgan fingerprint density at radius 1 is 1.12 bits per heavy atom. The normalized spacial score (nSPS) is 15.3. The molecule has 1 aromatic heterocycles. The fourth-order valence-corrected chi connectivity index (χ4v) is 6.00. The number of carbonyl (C=O) groups excluding carboxylic acids is 1. The molecular formula is C23H25ClN4O3S2. The van der Waals surface area contributed by atoms with Crippen LogP contribution in [0.25, 0.3) is 0 Å². The third-order valence-corrected chi connectivity index (χ3v) is 8.33. The standard InChI is InChI=1S/C23H25ClN4O3S2/c1-16-21(32-23(25-16)27-33(30,31)20-9-7-18(24)8-10-20)22(29)26-19-11-13-28(14-12-19)15-17-5-3-2-4-6-17/h2-10,19H,11-15H2,1H3,(H,25,27)(H,26,29). The smallest absolute Gasteiger partial charge is 0.263 e. The average Bonchev–Trinajstić information content (AvgIpc) is 3.15. The molecule has 4 rings (SSSR count). The number of hydrogen-bond donors (Lipinski definition) is 2. The number of aryl methyl sites for hydroxylation is 1. The molecule has 1 aliphatic rings. The van der Waals surface area contributed by atoms with E-state index in [1.165, 1.54) is 29.8 Å². The van der Waals surface area contributed by atoms with E-state index >= 15 is 0 Å². The van der Waals surface area contributed by atoms with Gasteiger partial charge in [-0.2, -0.15) is 0 Å². The molecule has 2 heterocycles. The van der Waals surface area contributed by atoms with Crippen LogP contribution in [0.5, 0.6) is 0 Å². The number of benzene rings is 2. The van der Waals surface area contributed by atoms with Crippen LogP contribution >= 0.6 is 22.9 Å². The van der Waals surface area contributed by atoms with Gasteiger partial charge in [0, 0.05) is 30.7 Å². The third kappa shape index (κ3) is 6.11. The second-order valence-corrected chi connectivity index (χ2v) is 11.1. The van der Waals surface area contributed by atoms with E-state index in [4.69, 9.17) is 11.6 Å². The number of hydrogen-bond acceptors (Lipinski definition) is 6. The van der Waals surface area contributed by atoms with Crippen molar-refractivity contribution in [1.82, 2.24) is 15.2 Å². The maximum atomic E-state index is 12.8. The first-order chi connectivity index (χ1) is 15.8. The zero-order valence-corrected chi connectivity index (χ0v) is 20.5. The lowest BCUT2D eigenvalue weighted by atomic mass is 10.0. The van der Waals surface area contributed by atoms with Gasteiger partial charge in [0.15, 0.2) is 5.13 Å². The van der Waals surface area contributed by atoms with Crippen LogP contribution in [-0.2, 0) is 16.6 Å². The van der Waals surface area contributed by atoms with Crippen LogP contribution in [-0.4, -0.2) is 43.3 Å². The molecule has 2 aromatic carbocycles. The van der Waals surface area contributed by atoms with E-state index in [0.29, 0.717) is 15.6 Å². The van der Waals surface area contributed by atoms with Crippen LogP contribution in [0.2, 0.25) is 5.02 Å². The Morgan fingerprint density at radius 3 is 2.45 bits per heavy atom. The van der Waals surface area contributed by atoms with Gasteiger partial charge < -0.3 is 5.32 Å². The fourth-order valence-electron chi connectivity index (χ4n) is 3.77. The summed E-state index contributed by atoms with van der Waals surface area (Å²) in [5, 5.41) is 3.69. The highest BCUT2D eigenvalue weighted by molar-refractivity contribution is 7.93. The third-order valence-electron chi connectivity index (χ3n) is 5.52. The predicted octanol–water partition coefficient (Wildman–Crippen LogP) is 4.30. The van der Waals surface area contributed by atoms with Gasteiger partial charge in [0.25, 0.3) is 15.9 Å². The van der Waals surface area contributed by atoms with E-state index in [9.17, 15) is 13.2 Å². The van der Waals surface area contributed by atoms with Gasteiger partial charge in [-0.15, -0.1) is 0 Å². The van der Waals surface area contributed by atoms with Crippen molar-refractivity contribution in [3.8, 4) is 0 Å². The summed E-state index contributed by atoms with van der Waals surface area (Å²) in [5.41, 5.74) is 1.78. The molecule has 1 fully saturated rings. The highest BCUT2D eigenvalue weighted by Crippen LogP contribution is 2.26. The van der Waals surface area contributed by atoms with E-state index in [-0.39, 0.29) is 22.0 Å². The number of amides is 1. The molecule has 0 atom stereocenters. The summed E-state index contributed by atoms with van der Waals surface area (Å²) in [7, 11) is -3.82. The van der Waals surface area contributed by atoms with Crippen molar-refractivity contribution in [1.29, 1.82) is 0 Å². The summed E-state index contributed by atoms with van der Waals surface area (Å²) in [5.74, 6) is -0.219. The molecule has 1 aliphatic heterocycles. The lowest BCUT2D eigenvalue weighted by Crippen LogP contribution is -2.44. The van der Waals surface area contributed by atoms with E-state index in [2.05, 4.69) is 32.1 Å². The van der Waals surface area contributed by atoms with Crippen LogP contribution in [0.3, 0.4) is 0 Å². The van der Waals surface area contributed by atoms with Crippen molar-refractivity contribution in [2.45, 2.75) is 37.2 Å². The molecule has 0 aliphatic carbocycles. The van der Waals surface area contributed by atoms with E-state index in [1.807, 2.05) is 18.2 Å². The summed E-state index contributed by atoms with van der Waals surface area (Å²) >= 11 is 6.87. The lowest BCUT2D eigenvalue weighted by Gasteiger charge is -2.32. The van der Waals surface area contributed by atoms with Gasteiger partial charge in [0.2, 0.25) is 0 Å². The second kappa shape index (κ2) is 10.2. The monoisotopic (exact) mass is 504 g/mol. The summed E-state index contributed by atoms with van der Waals surface area (Å²) in [6, 6.07) is 16.3. The van der Waals surface area contributed by atoms with Crippen molar-refractivity contribution < 1.29 is 13.2 Å². The Labute approximate surface area is 202 Å². The van der Waals surface area contributed by atoms with E-state index in [1.54, 1.807) is 6.92 Å². The van der Waals surface area contributed by atoms with Gasteiger partial charge in [-0.25, -0.2) is 13.4 Å². The number of likely N-dealkylation sites (tertiary alicyclic amines) is 1. The molecule has 2 N–H and O–H groups in total. The minimum Gasteiger partial charge on any atom is -0.348 e. The number of thiazole rings is 1. The number of carbonyl (C=O) groups is 1. The maximum absolute atomic E-state index is 12.8. The Morgan fingerprint density at radius 2 is 1.79 bits per heavy atom. The number of aromatic nitrogens is 1. The summed E-state index contributed by atoms with van der Waals surface area (Å²) < 4.78 is 27.6. The van der Waals surface area contributed by atoms with Crippen LogP contribution in [0.1, 0.15) is 33.8 Å². The second-order valence-electron chi connectivity index (χ2n) is 8.00. The Balaban J connectivity index is 1.33. The SMILES string of the molecule is Cc1nc(NS(=O)(=O)c2ccc(Cl)cc2)sc1C(=O)NC1CCN(Cc2ccccc2)CC1. The molecule has 10 heteroatoms. The predicted molar refractivity (Wildman–Crippen MR) is 131 cm³/mol. The van der Waals surface area contributed by atoms with E-state index in [0.717, 1.165) is 43.8 Å². The largest absolute Gasteiger partial charge is 0.348 e. The minimum atomic E-state index is -3.82. The molecule has 174 valence electrons. The molecule has 3 aromatic rings. The molecule has 0 bridgehead atoms. The quantitative estimate of drug-likeness (QED) is 0.500. The number of nitrogens with one attached hydrogen (secondary N) is 2. The molecule has 0 unspecified atom stereocenters. The first-order valence-electron chi connectivity index (χ1n) is 10.6. The molecule has 1 amide bonds. The highest BCUT2D eigenvalue weighted by Gasteiger charge is 2.24. The van der Waals surface area contributed by atoms with Gasteiger partial charge in [-0.3, -0.25) is 14.4 Å². The van der Waals surface area contributed by atoms with Gasteiger partial charge in [-0.05, 0) is 49.6 Å². The molecule has 1 saturated heterocycles. The average molecular weight is 505 g/mol. The number of halogens is 1. The van der Waals surface area contributed by atoms with Crippen LogP contribution < -0.4 is 10.0 Å². The minimum absolute atomic E-state index is 0.0769. The van der Waals surface area contributed by atoms with Crippen molar-refractivity contribution in [3.63, 3.8) is 0 Å². The number of anilines is 1. The highest BCUT2D eigenvalue weighted by atomic mass is 35.5. The van der Waals surface area contributed by atoms with Crippen molar-refractivity contribution in [3.05, 3.63) is 75.8 Å². The topological polar surface area (TPSA) is 91.4 Å². The zero-order chi connectivity index (χ0) is 23.4. The van der Waals surface area contributed by atoms with Crippen molar-refractivity contribution in [2.75, 3.05) is 17.8 Å². The maximum Gasteiger partial charge on any atom is 0.263 e. The number of nitrogens with zero attached hydrogens (tertiary/aromatic N) is 2. The molecule has 0 spiro atoms. The molecule has 0 radical (unpaired) electrons. The summed E-state index contributed by atoms with van der Waals surface area (Å²) in [6.45, 7) is 4.43. The van der Waals surface area contributed by atoms with Crippen molar-refractivity contribution in [2.24, 2.45) is 0 Å². The van der Waals surface area contributed by atoms with E-state index < -0.39 is 10.0 Å². The van der Waals surface area contributed by atoms with Gasteiger partial charge in [0.1, 0.15) is 4.88 Å². The Bertz CT molecular complexity index is 1210. The first-order valence-corrected chi connectivity index (χ1v) is 13.3. The Hall–Kier alpha value is -2.46. The molecular weight excluding hydrogens is 480 g/mol. The van der Waals surface area contributed by atoms with Gasteiger partial charge in [0.05, 0.1) is 10.6 Å². The summed E-state index contributed by atoms with van der Waals surface area (Å²) in [4.78, 5) is 20.0. The van der Waals surface area contributed by atoms with Crippen LogP contribution in [0, 0.1) is 6.92 Å². The van der Waals surface area contributed by atoms with Crippen LogP contribution in [0.15, 0.2) is 59.5 Å². The first kappa shape index (κ1) is 23.7. The lowest BCUT2D eigenvalue weighted by molar-refractivity contribution is 0.0912. The van der Waals surface area contributed by atoms with Gasteiger partial charge in [-0.1, -0.05) is 53.3 Å². The Kier molecular flexibility index (Phi) is 7.33. The number of piperidine rings is 1. The summed E-state index contributed by atoms with van der Waals surface area (Å²) in [6.07, 6.45) is 1.74. The fraction of sp³-hybridized carbons (Fsp3) is 0.304. The van der Waals surface area contributed by atoms with Gasteiger partial charge >= 0.3 is 0 Å². The van der Waals surface area contributed by atoms with Crippen LogP contribution in [0.4, 0.5) is 5.13 Å². The molecule has 0 saturated carbocycles. The molecule has 33 heavy (non-hydrogen) atoms. The molecule has 7 nitrogen and oxygen atoms in total. The number of rotatable bonds is 7. The zero-order valence-electron chi connectivity index (χ0n) is 18.1. The number of sulfonamides is 1.